The highest BCUT2D eigenvalue weighted by Gasteiger charge is 2.68. The number of fused-ring (bicyclic) bond motifs is 10. The first kappa shape index (κ1) is 97.8. The number of ketones is 1. The van der Waals surface area contributed by atoms with E-state index in [0.29, 0.717) is 82.1 Å². The third-order valence-electron chi connectivity index (χ3n) is 26.0. The highest BCUT2D eigenvalue weighted by molar-refractivity contribution is 7.91. The Bertz CT molecular complexity index is 4900. The molecule has 6 aliphatic carbocycles. The Morgan fingerprint density at radius 1 is 0.589 bits per heavy atom. The molecule has 0 spiro atoms. The molecule has 16 atom stereocenters. The summed E-state index contributed by atoms with van der Waals surface area (Å²) in [5.41, 5.74) is -0.442. The lowest BCUT2D eigenvalue weighted by Gasteiger charge is -2.35. The number of rotatable bonds is 18. The predicted octanol–water partition coefficient (Wildman–Crippen LogP) is 13.5. The summed E-state index contributed by atoms with van der Waals surface area (Å²) in [7, 11) is -5.06. The molecule has 5 N–H and O–H groups in total. The summed E-state index contributed by atoms with van der Waals surface area (Å²) < 4.78 is 205. The fourth-order valence-electron chi connectivity index (χ4n) is 17.5. The second-order valence-electron chi connectivity index (χ2n) is 37.3. The zero-order valence-electron chi connectivity index (χ0n) is 70.4. The summed E-state index contributed by atoms with van der Waals surface area (Å²) in [6.07, 6.45) is -4.95. The summed E-state index contributed by atoms with van der Waals surface area (Å²) in [6.45, 7) is 15.3. The molecule has 0 unspecified atom stereocenters. The first-order chi connectivity index (χ1) is 57.0. The third kappa shape index (κ3) is 21.4. The molecule has 2 saturated heterocycles. The number of esters is 2. The zero-order chi connectivity index (χ0) is 89.3. The van der Waals surface area contributed by atoms with E-state index in [2.05, 4.69) is 19.9 Å². The van der Waals surface area contributed by atoms with Gasteiger partial charge in [-0.3, -0.25) is 43.0 Å². The number of nitrogens with two attached hydrogens (primary N) is 1. The van der Waals surface area contributed by atoms with Crippen molar-refractivity contribution in [3.8, 4) is 23.3 Å². The number of methoxy groups -OCH3 is 2. The number of benzene rings is 2. The molecule has 0 radical (unpaired) electrons. The first-order valence-electron chi connectivity index (χ1n) is 42.1. The molecular weight excluding hydrogens is 1680 g/mol. The van der Waals surface area contributed by atoms with Gasteiger partial charge in [-0.1, -0.05) is 95.9 Å². The maximum atomic E-state index is 16.4. The van der Waals surface area contributed by atoms with E-state index in [9.17, 15) is 73.1 Å². The van der Waals surface area contributed by atoms with Gasteiger partial charge in [0.2, 0.25) is 62.4 Å². The number of halogens is 8. The largest absolute Gasteiger partial charge is 0.497 e. The van der Waals surface area contributed by atoms with Gasteiger partial charge in [0.25, 0.3) is 17.8 Å². The van der Waals surface area contributed by atoms with Crippen molar-refractivity contribution >= 4 is 89.4 Å². The van der Waals surface area contributed by atoms with Crippen molar-refractivity contribution in [1.82, 2.24) is 39.2 Å². The number of carboxylic acid groups (broad SMARTS) is 1. The minimum atomic E-state index is -4.27. The first-order valence-corrected chi connectivity index (χ1v) is 45.1. The van der Waals surface area contributed by atoms with Gasteiger partial charge in [-0.2, -0.15) is 17.6 Å². The van der Waals surface area contributed by atoms with Crippen molar-refractivity contribution < 1.29 is 124 Å². The minimum Gasteiger partial charge on any atom is -0.497 e. The molecule has 6 saturated carbocycles. The lowest BCUT2D eigenvalue weighted by molar-refractivity contribution is -0.157. The number of nitrogens with zero attached hydrogens (tertiary/aromatic N) is 6. The molecular formula is C86H119F8N9O19S2. The standard InChI is InChI=1S/C43H56F4N4O9S.C33H43F2N3O7.C8H12F2N2O3S.2CH4/c1-7-10-25-32-22-51(34(25)30(52)21-42(20-27(42)36(44)45)39(55)50-61(56,57)41(5)15-16-41)38(54)26(40(2,3)4)19-33(53)59-31-17-23(31)11-8-9-14-43(46,47)35-37(60-32)49-29-18-24(58-6)12-13-28(29)48-35;1-6-9-20-25-17-38(27(20)31(41)42)30(40)21(32(2,3)4)16-26(39)44-24-14-18(24)10-7-8-13-33(34,35)28-29(45-25)37-23-15-19(43-5)11-12-22(23)36-28;9-6(10)5-3-8(5,11)7(13)12-16(14,15)4-1-2-4;;/h12-13,18,23,25-27,31-32,34,36H,7-11,14-17,19-22H2,1-6H3,(H,50,55);11-12,15,18,20-21,24-25,27H,6-10,13-14,16-17H2,1-5H3,(H,41,42);4-6H,1-3,11H2,(H,12,13);2*1H4/t23-,25-,26-,27+,31-,32+,34+,42-;18-,20-,21-,24-,25+,27+;5-,8+;;/m110../s1. The number of hydrogen-bond donors (Lipinski definition) is 4. The van der Waals surface area contributed by atoms with Crippen LogP contribution >= 0.6 is 0 Å². The zero-order valence-corrected chi connectivity index (χ0v) is 72.0. The van der Waals surface area contributed by atoms with Gasteiger partial charge < -0.3 is 49.1 Å². The van der Waals surface area contributed by atoms with Crippen LogP contribution in [0.25, 0.3) is 22.1 Å². The molecule has 124 heavy (non-hydrogen) atoms. The predicted molar refractivity (Wildman–Crippen MR) is 438 cm³/mol. The second-order valence-corrected chi connectivity index (χ2v) is 41.4. The van der Waals surface area contributed by atoms with Gasteiger partial charge in [-0.15, -0.1) is 0 Å². The number of alkyl halides is 8. The quantitative estimate of drug-likeness (QED) is 0.0531. The highest BCUT2D eigenvalue weighted by Crippen LogP contribution is 2.60. The Labute approximate surface area is 718 Å². The minimum absolute atomic E-state index is 0. The van der Waals surface area contributed by atoms with Gasteiger partial charge >= 0.3 is 17.9 Å². The van der Waals surface area contributed by atoms with Crippen LogP contribution in [0.2, 0.25) is 0 Å². The van der Waals surface area contributed by atoms with Crippen LogP contribution in [0.1, 0.15) is 236 Å². The third-order valence-corrected chi connectivity index (χ3v) is 30.0. The number of Topliss-reactive ketones (excluding diaryl/α,β-unsaturated/α-hetero) is 1. The molecule has 2 aromatic carbocycles. The van der Waals surface area contributed by atoms with Crippen LogP contribution in [0, 0.1) is 63.6 Å². The SMILES string of the molecule is C.C.CCC[C@@H]1[C@@H]2CN(C(=O)[C@H](C(C)(C)C)CC(=O)O[C@@H]3C[C@H]3CCCCC(F)(F)c3nc4ccc(OC)cc4nc3O2)[C@@H]1C(=O)C[C@]1(C(=O)NS(=O)(=O)C2(C)CC2)C[C@H]1C(F)F.CCC[C@@H]1[C@@H]2CN(C(=O)[C@H](C(C)(C)C)CC(=O)O[C@@H]3C[C@H]3CCCCC(F)(F)c3nc4ccc(OC)cc4nc3O2)[C@@H]1C(=O)O.N[C@]1(C(=O)NS(=O)(=O)C2CC2)C[C@H]1C(F)F. The van der Waals surface area contributed by atoms with Crippen LogP contribution in [0.15, 0.2) is 36.4 Å². The van der Waals surface area contributed by atoms with Crippen molar-refractivity contribution in [2.24, 2.45) is 69.3 Å². The molecule has 4 aliphatic heterocycles. The van der Waals surface area contributed by atoms with E-state index in [1.54, 1.807) is 56.7 Å². The maximum Gasteiger partial charge on any atom is 0.326 e. The fraction of sp³-hybridized carbons (Fsp3) is 0.721. The van der Waals surface area contributed by atoms with Gasteiger partial charge in [0, 0.05) is 55.1 Å². The van der Waals surface area contributed by atoms with Crippen molar-refractivity contribution in [2.75, 3.05) is 27.3 Å². The summed E-state index contributed by atoms with van der Waals surface area (Å²) in [5, 5.41) is 9.83. The summed E-state index contributed by atoms with van der Waals surface area (Å²) in [4.78, 5) is 129. The smallest absolute Gasteiger partial charge is 0.326 e. The van der Waals surface area contributed by atoms with Crippen LogP contribution in [0.5, 0.6) is 23.3 Å². The van der Waals surface area contributed by atoms with Crippen molar-refractivity contribution in [1.29, 1.82) is 0 Å². The van der Waals surface area contributed by atoms with E-state index in [-0.39, 0.29) is 125 Å². The number of carboxylic acids is 1. The molecule has 14 rings (SSSR count). The lowest BCUT2D eigenvalue weighted by Crippen LogP contribution is -2.50. The molecule has 28 nitrogen and oxygen atoms in total. The van der Waals surface area contributed by atoms with Gasteiger partial charge in [0.15, 0.2) is 17.2 Å². The number of aliphatic carboxylic acids is 1. The van der Waals surface area contributed by atoms with Gasteiger partial charge in [-0.25, -0.2) is 59.1 Å². The molecule has 6 heterocycles. The average molecular weight is 1800 g/mol. The van der Waals surface area contributed by atoms with E-state index in [1.807, 2.05) is 32.4 Å². The summed E-state index contributed by atoms with van der Waals surface area (Å²) in [6, 6.07) is 6.60. The van der Waals surface area contributed by atoms with E-state index in [1.165, 1.54) is 43.1 Å². The molecule has 4 amide bonds. The molecule has 38 heteroatoms. The van der Waals surface area contributed by atoms with Crippen LogP contribution in [-0.4, -0.2) is 191 Å². The van der Waals surface area contributed by atoms with Crippen LogP contribution < -0.4 is 34.1 Å². The van der Waals surface area contributed by atoms with Gasteiger partial charge in [0.05, 0.1) is 95.5 Å². The monoisotopic (exact) mass is 1800 g/mol. The molecule has 4 bridgehead atoms. The maximum absolute atomic E-state index is 16.4. The summed E-state index contributed by atoms with van der Waals surface area (Å²) in [5.74, 6) is -19.9. The highest BCUT2D eigenvalue weighted by atomic mass is 32.2. The molecule has 690 valence electrons. The Morgan fingerprint density at radius 2 is 1.02 bits per heavy atom. The number of hydrogen-bond acceptors (Lipinski definition) is 23. The van der Waals surface area contributed by atoms with Crippen molar-refractivity contribution in [3.63, 3.8) is 0 Å². The number of carbonyl (C=O) groups excluding carboxylic acids is 7. The number of aromatic nitrogens is 4. The molecule has 10 aliphatic rings. The second kappa shape index (κ2) is 37.1. The fourth-order valence-corrected chi connectivity index (χ4v) is 20.2. The average Bonchev–Trinajstić information content (AvgIpc) is 1.46. The lowest BCUT2D eigenvalue weighted by atomic mass is 9.77. The Balaban J connectivity index is 0.000000223. The van der Waals surface area contributed by atoms with E-state index >= 15 is 22.4 Å². The Hall–Kier alpha value is -8.42. The number of sulfonamides is 2. The number of ether oxygens (including phenoxy) is 6. The van der Waals surface area contributed by atoms with Crippen molar-refractivity contribution in [3.05, 3.63) is 47.8 Å². The topological polar surface area (TPSA) is 389 Å². The number of carbonyl (C=O) groups is 8. The van der Waals surface area contributed by atoms with Gasteiger partial charge in [0.1, 0.15) is 47.5 Å². The molecule has 2 aromatic heterocycles. The van der Waals surface area contributed by atoms with Crippen molar-refractivity contribution in [2.45, 2.75) is 302 Å². The normalized spacial score (nSPS) is 30.3. The Morgan fingerprint density at radius 3 is 1.40 bits per heavy atom. The number of amides is 4. The van der Waals surface area contributed by atoms with E-state index < -0.39 is 233 Å². The molecule has 4 aromatic rings. The molecule has 8 fully saturated rings. The van der Waals surface area contributed by atoms with Gasteiger partial charge in [-0.05, 0) is 144 Å². The van der Waals surface area contributed by atoms with E-state index in [0.717, 1.165) is 0 Å². The van der Waals surface area contributed by atoms with Crippen LogP contribution in [-0.2, 0) is 79.7 Å². The number of nitrogens with one attached hydrogen (secondary N) is 2. The summed E-state index contributed by atoms with van der Waals surface area (Å²) >= 11 is 0. The van der Waals surface area contributed by atoms with Crippen LogP contribution in [0.4, 0.5) is 35.1 Å². The Kier molecular flexibility index (Phi) is 29.3. The van der Waals surface area contributed by atoms with E-state index in [4.69, 9.17) is 34.2 Å². The van der Waals surface area contributed by atoms with Crippen LogP contribution in [0.3, 0.4) is 0 Å².